The number of hydrogen-bond acceptors (Lipinski definition) is 4. The summed E-state index contributed by atoms with van der Waals surface area (Å²) in [7, 11) is 1.90. The third kappa shape index (κ3) is 2.33. The molecule has 2 aromatic rings. The van der Waals surface area contributed by atoms with E-state index in [-0.39, 0.29) is 0 Å². The fraction of sp³-hybridized carbons (Fsp3) is 0.273. The number of thiazole rings is 1. The maximum Gasteiger partial charge on any atom is 0.182 e. The standard InChI is InChI=1S/C11H13N3S/c1-8-10(15-11(12-2)14-8)7-9-3-5-13-6-4-9/h3-6H,7H2,1-2H3,(H,12,14). The van der Waals surface area contributed by atoms with Gasteiger partial charge >= 0.3 is 0 Å². The zero-order valence-corrected chi connectivity index (χ0v) is 9.64. The van der Waals surface area contributed by atoms with Crippen molar-refractivity contribution in [3.05, 3.63) is 40.7 Å². The number of nitrogens with one attached hydrogen (secondary N) is 1. The summed E-state index contributed by atoms with van der Waals surface area (Å²) in [6.45, 7) is 2.05. The summed E-state index contributed by atoms with van der Waals surface area (Å²) < 4.78 is 0. The van der Waals surface area contributed by atoms with Crippen molar-refractivity contribution in [3.8, 4) is 0 Å². The number of aromatic nitrogens is 2. The molecule has 0 aliphatic heterocycles. The zero-order valence-electron chi connectivity index (χ0n) is 8.82. The molecule has 2 rings (SSSR count). The minimum atomic E-state index is 0.938. The van der Waals surface area contributed by atoms with E-state index >= 15 is 0 Å². The molecule has 2 heterocycles. The van der Waals surface area contributed by atoms with Crippen molar-refractivity contribution in [1.82, 2.24) is 9.97 Å². The van der Waals surface area contributed by atoms with Crippen LogP contribution in [0.4, 0.5) is 5.13 Å². The highest BCUT2D eigenvalue weighted by Gasteiger charge is 2.06. The van der Waals surface area contributed by atoms with Crippen LogP contribution in [-0.2, 0) is 6.42 Å². The van der Waals surface area contributed by atoms with Crippen LogP contribution in [-0.4, -0.2) is 17.0 Å². The number of pyridine rings is 1. The van der Waals surface area contributed by atoms with E-state index in [4.69, 9.17) is 0 Å². The van der Waals surface area contributed by atoms with E-state index < -0.39 is 0 Å². The Kier molecular flexibility index (Phi) is 2.97. The summed E-state index contributed by atoms with van der Waals surface area (Å²) >= 11 is 1.71. The maximum absolute atomic E-state index is 4.42. The van der Waals surface area contributed by atoms with E-state index in [1.807, 2.05) is 38.5 Å². The second-order valence-electron chi connectivity index (χ2n) is 3.31. The van der Waals surface area contributed by atoms with Crippen molar-refractivity contribution >= 4 is 16.5 Å². The van der Waals surface area contributed by atoms with Crippen molar-refractivity contribution < 1.29 is 0 Å². The number of aryl methyl sites for hydroxylation is 1. The number of anilines is 1. The van der Waals surface area contributed by atoms with Crippen LogP contribution in [0, 0.1) is 6.92 Å². The van der Waals surface area contributed by atoms with Crippen molar-refractivity contribution in [2.24, 2.45) is 0 Å². The Labute approximate surface area is 93.2 Å². The van der Waals surface area contributed by atoms with Crippen LogP contribution in [0.5, 0.6) is 0 Å². The van der Waals surface area contributed by atoms with E-state index in [9.17, 15) is 0 Å². The third-order valence-electron chi connectivity index (χ3n) is 2.22. The van der Waals surface area contributed by atoms with Crippen LogP contribution in [0.15, 0.2) is 24.5 Å². The van der Waals surface area contributed by atoms with Crippen molar-refractivity contribution in [2.75, 3.05) is 12.4 Å². The molecule has 0 radical (unpaired) electrons. The molecule has 0 saturated heterocycles. The van der Waals surface area contributed by atoms with Gasteiger partial charge in [-0.25, -0.2) is 4.98 Å². The molecule has 2 aromatic heterocycles. The summed E-state index contributed by atoms with van der Waals surface area (Å²) in [6.07, 6.45) is 4.59. The Bertz CT molecular complexity index is 436. The highest BCUT2D eigenvalue weighted by atomic mass is 32.1. The molecule has 4 heteroatoms. The lowest BCUT2D eigenvalue weighted by atomic mass is 10.1. The molecule has 0 aliphatic carbocycles. The van der Waals surface area contributed by atoms with Crippen LogP contribution in [0.1, 0.15) is 16.1 Å². The molecule has 0 bridgehead atoms. The van der Waals surface area contributed by atoms with Gasteiger partial charge in [-0.1, -0.05) is 0 Å². The smallest absolute Gasteiger partial charge is 0.182 e. The molecular weight excluding hydrogens is 206 g/mol. The van der Waals surface area contributed by atoms with Gasteiger partial charge in [-0.05, 0) is 24.6 Å². The molecule has 0 aliphatic rings. The highest BCUT2D eigenvalue weighted by Crippen LogP contribution is 2.24. The van der Waals surface area contributed by atoms with Crippen LogP contribution < -0.4 is 5.32 Å². The predicted molar refractivity (Wildman–Crippen MR) is 63.4 cm³/mol. The number of nitrogens with zero attached hydrogens (tertiary/aromatic N) is 2. The second-order valence-corrected chi connectivity index (χ2v) is 4.39. The lowest BCUT2D eigenvalue weighted by Crippen LogP contribution is -1.87. The maximum atomic E-state index is 4.42. The van der Waals surface area contributed by atoms with Crippen LogP contribution >= 0.6 is 11.3 Å². The molecular formula is C11H13N3S. The number of hydrogen-bond donors (Lipinski definition) is 1. The van der Waals surface area contributed by atoms with E-state index in [0.717, 1.165) is 17.2 Å². The first kappa shape index (κ1) is 10.1. The van der Waals surface area contributed by atoms with Gasteiger partial charge in [0.05, 0.1) is 5.69 Å². The van der Waals surface area contributed by atoms with E-state index in [1.54, 1.807) is 11.3 Å². The van der Waals surface area contributed by atoms with Crippen molar-refractivity contribution in [1.29, 1.82) is 0 Å². The first-order valence-electron chi connectivity index (χ1n) is 4.82. The van der Waals surface area contributed by atoms with Gasteiger partial charge in [0.15, 0.2) is 5.13 Å². The molecule has 15 heavy (non-hydrogen) atoms. The van der Waals surface area contributed by atoms with Gasteiger partial charge < -0.3 is 5.32 Å². The lowest BCUT2D eigenvalue weighted by Gasteiger charge is -1.97. The Morgan fingerprint density at radius 1 is 1.33 bits per heavy atom. The van der Waals surface area contributed by atoms with Gasteiger partial charge in [-0.2, -0.15) is 0 Å². The lowest BCUT2D eigenvalue weighted by molar-refractivity contribution is 1.13. The van der Waals surface area contributed by atoms with Gasteiger partial charge in [0.25, 0.3) is 0 Å². The van der Waals surface area contributed by atoms with Crippen LogP contribution in [0.3, 0.4) is 0 Å². The fourth-order valence-electron chi connectivity index (χ4n) is 1.39. The minimum Gasteiger partial charge on any atom is -0.365 e. The predicted octanol–water partition coefficient (Wildman–Crippen LogP) is 2.48. The molecule has 0 spiro atoms. The fourth-order valence-corrected chi connectivity index (χ4v) is 2.34. The molecule has 3 nitrogen and oxygen atoms in total. The normalized spacial score (nSPS) is 10.3. The quantitative estimate of drug-likeness (QED) is 0.861. The van der Waals surface area contributed by atoms with Gasteiger partial charge in [0.1, 0.15) is 0 Å². The summed E-state index contributed by atoms with van der Waals surface area (Å²) in [4.78, 5) is 9.73. The monoisotopic (exact) mass is 219 g/mol. The average molecular weight is 219 g/mol. The van der Waals surface area contributed by atoms with Gasteiger partial charge in [0.2, 0.25) is 0 Å². The molecule has 0 amide bonds. The highest BCUT2D eigenvalue weighted by molar-refractivity contribution is 7.15. The first-order chi connectivity index (χ1) is 7.29. The molecule has 0 aromatic carbocycles. The molecule has 0 fully saturated rings. The Morgan fingerprint density at radius 2 is 2.07 bits per heavy atom. The Balaban J connectivity index is 2.21. The van der Waals surface area contributed by atoms with E-state index in [2.05, 4.69) is 15.3 Å². The topological polar surface area (TPSA) is 37.8 Å². The van der Waals surface area contributed by atoms with Crippen LogP contribution in [0.2, 0.25) is 0 Å². The zero-order chi connectivity index (χ0) is 10.7. The average Bonchev–Trinajstić information content (AvgIpc) is 2.61. The summed E-state index contributed by atoms with van der Waals surface area (Å²) in [5.74, 6) is 0. The van der Waals surface area contributed by atoms with E-state index in [1.165, 1.54) is 10.4 Å². The van der Waals surface area contributed by atoms with Crippen molar-refractivity contribution in [2.45, 2.75) is 13.3 Å². The van der Waals surface area contributed by atoms with Gasteiger partial charge in [-0.3, -0.25) is 4.98 Å². The van der Waals surface area contributed by atoms with E-state index in [0.29, 0.717) is 0 Å². The molecule has 0 saturated carbocycles. The summed E-state index contributed by atoms with van der Waals surface area (Å²) in [6, 6.07) is 4.08. The first-order valence-corrected chi connectivity index (χ1v) is 5.64. The molecule has 0 atom stereocenters. The molecule has 1 N–H and O–H groups in total. The summed E-state index contributed by atoms with van der Waals surface area (Å²) in [5.41, 5.74) is 2.39. The minimum absolute atomic E-state index is 0.938. The summed E-state index contributed by atoms with van der Waals surface area (Å²) in [5, 5.41) is 4.05. The SMILES string of the molecule is CNc1nc(C)c(Cc2ccncc2)s1. The Hall–Kier alpha value is -1.42. The molecule has 78 valence electrons. The van der Waals surface area contributed by atoms with Gasteiger partial charge in [0, 0.05) is 30.7 Å². The van der Waals surface area contributed by atoms with Gasteiger partial charge in [-0.15, -0.1) is 11.3 Å². The third-order valence-corrected chi connectivity index (χ3v) is 3.40. The van der Waals surface area contributed by atoms with Crippen molar-refractivity contribution in [3.63, 3.8) is 0 Å². The largest absolute Gasteiger partial charge is 0.365 e. The second kappa shape index (κ2) is 4.40. The number of rotatable bonds is 3. The Morgan fingerprint density at radius 3 is 2.67 bits per heavy atom. The molecule has 0 unspecified atom stereocenters. The van der Waals surface area contributed by atoms with Crippen LogP contribution in [0.25, 0.3) is 0 Å².